The number of likely N-dealkylation sites (tertiary alicyclic amines) is 1. The van der Waals surface area contributed by atoms with Crippen molar-refractivity contribution in [1.29, 1.82) is 0 Å². The van der Waals surface area contributed by atoms with Gasteiger partial charge in [0.2, 0.25) is 11.8 Å². The number of ether oxygens (including phenoxy) is 1. The predicted octanol–water partition coefficient (Wildman–Crippen LogP) is 1.97. The number of amides is 2. The van der Waals surface area contributed by atoms with Gasteiger partial charge >= 0.3 is 0 Å². The maximum Gasteiger partial charge on any atom is 0.225 e. The van der Waals surface area contributed by atoms with Crippen LogP contribution in [0, 0.1) is 0 Å². The van der Waals surface area contributed by atoms with E-state index in [1.165, 1.54) is 0 Å². The van der Waals surface area contributed by atoms with E-state index in [2.05, 4.69) is 5.32 Å². The highest BCUT2D eigenvalue weighted by Gasteiger charge is 2.36. The molecule has 0 radical (unpaired) electrons. The van der Waals surface area contributed by atoms with Crippen molar-refractivity contribution >= 4 is 11.8 Å². The van der Waals surface area contributed by atoms with Gasteiger partial charge in [-0.15, -0.1) is 0 Å². The van der Waals surface area contributed by atoms with E-state index in [9.17, 15) is 9.59 Å². The molecule has 120 valence electrons. The zero-order valence-corrected chi connectivity index (χ0v) is 13.5. The Bertz CT molecular complexity index is 522. The third kappa shape index (κ3) is 4.48. The van der Waals surface area contributed by atoms with Crippen molar-refractivity contribution in [1.82, 2.24) is 10.2 Å². The maximum absolute atomic E-state index is 12.0. The van der Waals surface area contributed by atoms with Gasteiger partial charge in [0.1, 0.15) is 5.75 Å². The van der Waals surface area contributed by atoms with Crippen molar-refractivity contribution in [3.8, 4) is 5.75 Å². The van der Waals surface area contributed by atoms with Crippen LogP contribution in [0.25, 0.3) is 0 Å². The summed E-state index contributed by atoms with van der Waals surface area (Å²) in [5.41, 5.74) is -0.201. The summed E-state index contributed by atoms with van der Waals surface area (Å²) >= 11 is 0. The Morgan fingerprint density at radius 1 is 1.32 bits per heavy atom. The molecule has 0 saturated carbocycles. The van der Waals surface area contributed by atoms with E-state index in [0.29, 0.717) is 19.6 Å². The molecule has 0 aliphatic carbocycles. The second-order valence-electron chi connectivity index (χ2n) is 6.56. The number of carbonyl (C=O) groups is 2. The molecule has 1 aromatic carbocycles. The van der Waals surface area contributed by atoms with Crippen molar-refractivity contribution in [2.24, 2.45) is 0 Å². The van der Waals surface area contributed by atoms with Gasteiger partial charge in [-0.1, -0.05) is 18.2 Å². The molecule has 2 rings (SSSR count). The number of hydrogen-bond acceptors (Lipinski definition) is 3. The monoisotopic (exact) mass is 304 g/mol. The van der Waals surface area contributed by atoms with E-state index in [1.54, 1.807) is 0 Å². The van der Waals surface area contributed by atoms with E-state index < -0.39 is 0 Å². The zero-order chi connectivity index (χ0) is 16.2. The van der Waals surface area contributed by atoms with Crippen molar-refractivity contribution in [3.05, 3.63) is 30.3 Å². The minimum atomic E-state index is -0.201. The van der Waals surface area contributed by atoms with E-state index in [1.807, 2.05) is 56.0 Å². The smallest absolute Gasteiger partial charge is 0.225 e. The van der Waals surface area contributed by atoms with Crippen LogP contribution in [0.2, 0.25) is 0 Å². The van der Waals surface area contributed by atoms with Gasteiger partial charge in [-0.3, -0.25) is 9.59 Å². The molecule has 1 heterocycles. The Kier molecular flexibility index (Phi) is 5.06. The highest BCUT2D eigenvalue weighted by molar-refractivity contribution is 5.82. The summed E-state index contributed by atoms with van der Waals surface area (Å²) in [6.07, 6.45) is 0.664. The summed E-state index contributed by atoms with van der Waals surface area (Å²) in [5, 5.41) is 2.92. The minimum absolute atomic E-state index is 0.0792. The van der Waals surface area contributed by atoms with Crippen LogP contribution in [0.3, 0.4) is 0 Å². The molecule has 22 heavy (non-hydrogen) atoms. The maximum atomic E-state index is 12.0. The molecule has 1 aliphatic heterocycles. The van der Waals surface area contributed by atoms with Crippen LogP contribution >= 0.6 is 0 Å². The summed E-state index contributed by atoms with van der Waals surface area (Å²) in [7, 11) is 0. The van der Waals surface area contributed by atoms with E-state index >= 15 is 0 Å². The molecule has 1 atom stereocenters. The van der Waals surface area contributed by atoms with Gasteiger partial charge in [0, 0.05) is 18.5 Å². The number of hydrogen-bond donors (Lipinski definition) is 1. The average molecular weight is 304 g/mol. The highest BCUT2D eigenvalue weighted by Crippen LogP contribution is 2.21. The van der Waals surface area contributed by atoms with Crippen molar-refractivity contribution in [2.75, 3.05) is 13.2 Å². The largest absolute Gasteiger partial charge is 0.493 e. The molecular formula is C17H24N2O3. The van der Waals surface area contributed by atoms with Crippen molar-refractivity contribution in [2.45, 2.75) is 45.2 Å². The predicted molar refractivity (Wildman–Crippen MR) is 84.6 cm³/mol. The summed E-state index contributed by atoms with van der Waals surface area (Å²) in [5.74, 6) is 0.771. The fraction of sp³-hybridized carbons (Fsp3) is 0.529. The lowest BCUT2D eigenvalue weighted by atomic mass is 10.1. The average Bonchev–Trinajstić information content (AvgIpc) is 2.80. The first kappa shape index (κ1) is 16.3. The standard InChI is InChI=1S/C17H24N2O3/c1-17(2,3)19-12-13(11-16(19)21)18-15(20)9-10-22-14-7-5-4-6-8-14/h4-8,13H,9-12H2,1-3H3,(H,18,20). The molecule has 1 fully saturated rings. The van der Waals surface area contributed by atoms with Gasteiger partial charge in [0.25, 0.3) is 0 Å². The van der Waals surface area contributed by atoms with Crippen LogP contribution in [0.15, 0.2) is 30.3 Å². The number of benzene rings is 1. The lowest BCUT2D eigenvalue weighted by molar-refractivity contribution is -0.131. The molecule has 2 amide bonds. The molecule has 5 nitrogen and oxygen atoms in total. The van der Waals surface area contributed by atoms with Crippen LogP contribution in [-0.4, -0.2) is 41.4 Å². The van der Waals surface area contributed by atoms with Gasteiger partial charge in [-0.2, -0.15) is 0 Å². The number of para-hydroxylation sites is 1. The highest BCUT2D eigenvalue weighted by atomic mass is 16.5. The Labute approximate surface area is 131 Å². The number of nitrogens with one attached hydrogen (secondary N) is 1. The van der Waals surface area contributed by atoms with Gasteiger partial charge in [0.15, 0.2) is 0 Å². The molecule has 0 aromatic heterocycles. The molecular weight excluding hydrogens is 280 g/mol. The van der Waals surface area contributed by atoms with Gasteiger partial charge in [-0.25, -0.2) is 0 Å². The third-order valence-electron chi connectivity index (χ3n) is 3.64. The van der Waals surface area contributed by atoms with Crippen LogP contribution < -0.4 is 10.1 Å². The lowest BCUT2D eigenvalue weighted by Crippen LogP contribution is -2.44. The van der Waals surface area contributed by atoms with Gasteiger partial charge in [-0.05, 0) is 32.9 Å². The lowest BCUT2D eigenvalue weighted by Gasteiger charge is -2.32. The Balaban J connectivity index is 1.73. The van der Waals surface area contributed by atoms with E-state index in [-0.39, 0.29) is 29.8 Å². The van der Waals surface area contributed by atoms with Crippen LogP contribution in [0.1, 0.15) is 33.6 Å². The molecule has 1 unspecified atom stereocenters. The summed E-state index contributed by atoms with van der Waals surface area (Å²) < 4.78 is 5.50. The first-order chi connectivity index (χ1) is 10.4. The molecule has 1 aromatic rings. The summed E-state index contributed by atoms with van der Waals surface area (Å²) in [6, 6.07) is 9.30. The first-order valence-electron chi connectivity index (χ1n) is 7.64. The summed E-state index contributed by atoms with van der Waals surface area (Å²) in [4.78, 5) is 25.7. The Morgan fingerprint density at radius 3 is 2.59 bits per heavy atom. The minimum Gasteiger partial charge on any atom is -0.493 e. The Morgan fingerprint density at radius 2 is 2.00 bits per heavy atom. The molecule has 1 N–H and O–H groups in total. The summed E-state index contributed by atoms with van der Waals surface area (Å²) in [6.45, 7) is 6.92. The zero-order valence-electron chi connectivity index (χ0n) is 13.5. The second-order valence-corrected chi connectivity index (χ2v) is 6.56. The molecule has 1 saturated heterocycles. The Hall–Kier alpha value is -2.04. The fourth-order valence-corrected chi connectivity index (χ4v) is 2.53. The van der Waals surface area contributed by atoms with Crippen LogP contribution in [0.5, 0.6) is 5.75 Å². The van der Waals surface area contributed by atoms with Gasteiger partial charge in [0.05, 0.1) is 19.1 Å². The van der Waals surface area contributed by atoms with Crippen molar-refractivity contribution in [3.63, 3.8) is 0 Å². The quantitative estimate of drug-likeness (QED) is 0.905. The fourth-order valence-electron chi connectivity index (χ4n) is 2.53. The van der Waals surface area contributed by atoms with Crippen LogP contribution in [0.4, 0.5) is 0 Å². The molecule has 0 spiro atoms. The van der Waals surface area contributed by atoms with E-state index in [0.717, 1.165) is 5.75 Å². The van der Waals surface area contributed by atoms with Crippen molar-refractivity contribution < 1.29 is 14.3 Å². The normalized spacial score (nSPS) is 18.4. The van der Waals surface area contributed by atoms with E-state index in [4.69, 9.17) is 4.74 Å². The number of rotatable bonds is 5. The number of nitrogens with zero attached hydrogens (tertiary/aromatic N) is 1. The topological polar surface area (TPSA) is 58.6 Å². The first-order valence-corrected chi connectivity index (χ1v) is 7.64. The molecule has 5 heteroatoms. The van der Waals surface area contributed by atoms with Crippen LogP contribution in [-0.2, 0) is 9.59 Å². The molecule has 0 bridgehead atoms. The SMILES string of the molecule is CC(C)(C)N1CC(NC(=O)CCOc2ccccc2)CC1=O. The molecule has 1 aliphatic rings. The second kappa shape index (κ2) is 6.81. The van der Waals surface area contributed by atoms with Gasteiger partial charge < -0.3 is 15.0 Å². The number of carbonyl (C=O) groups excluding carboxylic acids is 2. The third-order valence-corrected chi connectivity index (χ3v) is 3.64.